The van der Waals surface area contributed by atoms with Crippen LogP contribution in [0.2, 0.25) is 5.02 Å². The topological polar surface area (TPSA) is 63.5 Å². The van der Waals surface area contributed by atoms with Crippen molar-refractivity contribution in [2.24, 2.45) is 5.92 Å². The van der Waals surface area contributed by atoms with Gasteiger partial charge in [0.25, 0.3) is 0 Å². The highest BCUT2D eigenvalue weighted by Crippen LogP contribution is 2.32. The first-order valence-corrected chi connectivity index (χ1v) is 11.3. The van der Waals surface area contributed by atoms with Gasteiger partial charge in [-0.25, -0.2) is 9.18 Å². The summed E-state index contributed by atoms with van der Waals surface area (Å²) in [6, 6.07) is 10.1. The molecule has 0 aliphatic heterocycles. The van der Waals surface area contributed by atoms with E-state index in [4.69, 9.17) is 16.3 Å². The van der Waals surface area contributed by atoms with Crippen molar-refractivity contribution in [3.05, 3.63) is 64.1 Å². The average molecular weight is 459 g/mol. The largest absolute Gasteiger partial charge is 0.497 e. The Labute approximate surface area is 192 Å². The number of halogens is 2. The van der Waals surface area contributed by atoms with Gasteiger partial charge in [-0.15, -0.1) is 0 Å². The molecule has 1 aliphatic rings. The molecule has 0 saturated heterocycles. The third-order valence-electron chi connectivity index (χ3n) is 6.51. The van der Waals surface area contributed by atoms with Crippen molar-refractivity contribution >= 4 is 28.5 Å². The Kier molecular flexibility index (Phi) is 6.72. The minimum atomic E-state index is -1.01. The first kappa shape index (κ1) is 22.6. The van der Waals surface area contributed by atoms with Crippen LogP contribution in [0, 0.1) is 11.7 Å². The lowest BCUT2D eigenvalue weighted by atomic mass is 9.87. The summed E-state index contributed by atoms with van der Waals surface area (Å²) in [5, 5.41) is 14.9. The average Bonchev–Trinajstić information content (AvgIpc) is 3.08. The number of rotatable bonds is 7. The van der Waals surface area contributed by atoms with E-state index in [9.17, 15) is 14.3 Å². The van der Waals surface area contributed by atoms with E-state index in [0.717, 1.165) is 35.2 Å². The quantitative estimate of drug-likeness (QED) is 0.465. The molecule has 1 aromatic heterocycles. The van der Waals surface area contributed by atoms with Crippen LogP contribution in [0.15, 0.2) is 36.4 Å². The minimum absolute atomic E-state index is 0.213. The van der Waals surface area contributed by atoms with Crippen molar-refractivity contribution in [3.8, 4) is 5.75 Å². The Bertz CT molecular complexity index is 1140. The van der Waals surface area contributed by atoms with Crippen molar-refractivity contribution in [1.29, 1.82) is 0 Å². The summed E-state index contributed by atoms with van der Waals surface area (Å²) in [5.41, 5.74) is 2.35. The van der Waals surface area contributed by atoms with Crippen LogP contribution in [0.1, 0.15) is 54.2 Å². The number of methoxy groups -OCH3 is 1. The molecule has 3 aromatic rings. The lowest BCUT2D eigenvalue weighted by Gasteiger charge is -2.27. The molecule has 5 nitrogen and oxygen atoms in total. The van der Waals surface area contributed by atoms with Crippen LogP contribution in [-0.4, -0.2) is 28.8 Å². The van der Waals surface area contributed by atoms with Gasteiger partial charge in [0.1, 0.15) is 17.3 Å². The lowest BCUT2D eigenvalue weighted by molar-refractivity contribution is 0.0684. The van der Waals surface area contributed by atoms with Gasteiger partial charge in [0.05, 0.1) is 12.6 Å². The molecule has 32 heavy (non-hydrogen) atoms. The molecule has 7 heteroatoms. The molecule has 4 rings (SSSR count). The summed E-state index contributed by atoms with van der Waals surface area (Å²) in [5.74, 6) is -0.0490. The summed E-state index contributed by atoms with van der Waals surface area (Å²) < 4.78 is 20.7. The van der Waals surface area contributed by atoms with E-state index < -0.39 is 11.8 Å². The van der Waals surface area contributed by atoms with E-state index in [0.29, 0.717) is 23.9 Å². The van der Waals surface area contributed by atoms with Crippen molar-refractivity contribution < 1.29 is 19.0 Å². The van der Waals surface area contributed by atoms with Crippen molar-refractivity contribution in [2.75, 3.05) is 7.11 Å². The number of benzene rings is 2. The molecule has 0 unspecified atom stereocenters. The normalized spacial score (nSPS) is 18.8. The Balaban J connectivity index is 1.76. The summed E-state index contributed by atoms with van der Waals surface area (Å²) in [7, 11) is 1.58. The van der Waals surface area contributed by atoms with E-state index in [1.165, 1.54) is 25.0 Å². The molecule has 1 aliphatic carbocycles. The van der Waals surface area contributed by atoms with Crippen LogP contribution in [0.3, 0.4) is 0 Å². The van der Waals surface area contributed by atoms with E-state index in [1.807, 2.05) is 18.2 Å². The number of carboxylic acids is 1. The second-order valence-corrected chi connectivity index (χ2v) is 9.08. The zero-order valence-corrected chi connectivity index (χ0v) is 19.1. The Morgan fingerprint density at radius 1 is 1.22 bits per heavy atom. The highest BCUT2D eigenvalue weighted by molar-refractivity contribution is 6.31. The molecular formula is C25H28ClFN2O3. The van der Waals surface area contributed by atoms with Crippen molar-refractivity contribution in [3.63, 3.8) is 0 Å². The van der Waals surface area contributed by atoms with Gasteiger partial charge in [-0.05, 0) is 61.4 Å². The maximum atomic E-state index is 13.5. The van der Waals surface area contributed by atoms with Crippen LogP contribution >= 0.6 is 11.6 Å². The molecule has 1 saturated carbocycles. The number of aromatic nitrogens is 1. The minimum Gasteiger partial charge on any atom is -0.497 e. The maximum Gasteiger partial charge on any atom is 0.352 e. The number of carbonyl (C=O) groups is 1. The predicted molar refractivity (Wildman–Crippen MR) is 124 cm³/mol. The fourth-order valence-electron chi connectivity index (χ4n) is 4.65. The van der Waals surface area contributed by atoms with Crippen LogP contribution in [-0.2, 0) is 13.1 Å². The number of fused-ring (bicyclic) bond motifs is 1. The van der Waals surface area contributed by atoms with Gasteiger partial charge in [0.2, 0.25) is 0 Å². The van der Waals surface area contributed by atoms with E-state index in [1.54, 1.807) is 17.7 Å². The van der Waals surface area contributed by atoms with Gasteiger partial charge in [-0.2, -0.15) is 0 Å². The first-order chi connectivity index (χ1) is 15.4. The molecule has 0 amide bonds. The Hall–Kier alpha value is -2.57. The number of ether oxygens (including phenoxy) is 1. The summed E-state index contributed by atoms with van der Waals surface area (Å²) in [6.45, 7) is 2.96. The third-order valence-corrected chi connectivity index (χ3v) is 6.86. The number of nitrogens with zero attached hydrogens (tertiary/aromatic N) is 1. The van der Waals surface area contributed by atoms with E-state index in [-0.39, 0.29) is 17.3 Å². The second-order valence-electron chi connectivity index (χ2n) is 8.67. The van der Waals surface area contributed by atoms with Gasteiger partial charge >= 0.3 is 5.97 Å². The number of hydrogen-bond acceptors (Lipinski definition) is 3. The smallest absolute Gasteiger partial charge is 0.352 e. The maximum absolute atomic E-state index is 13.5. The van der Waals surface area contributed by atoms with Gasteiger partial charge in [0.15, 0.2) is 0 Å². The Morgan fingerprint density at radius 3 is 2.62 bits per heavy atom. The summed E-state index contributed by atoms with van der Waals surface area (Å²) in [6.07, 6.45) is 4.57. The third kappa shape index (κ3) is 4.62. The molecular weight excluding hydrogens is 431 g/mol. The molecule has 0 radical (unpaired) electrons. The molecule has 0 bridgehead atoms. The van der Waals surface area contributed by atoms with Crippen molar-refractivity contribution in [2.45, 2.75) is 51.7 Å². The fraction of sp³-hybridized carbons (Fsp3) is 0.400. The Morgan fingerprint density at radius 2 is 1.97 bits per heavy atom. The zero-order valence-electron chi connectivity index (χ0n) is 18.3. The summed E-state index contributed by atoms with van der Waals surface area (Å²) >= 11 is 6.26. The van der Waals surface area contributed by atoms with Crippen LogP contribution in [0.5, 0.6) is 5.75 Å². The fourth-order valence-corrected chi connectivity index (χ4v) is 4.87. The van der Waals surface area contributed by atoms with Crippen molar-refractivity contribution in [1.82, 2.24) is 9.88 Å². The number of hydrogen-bond donors (Lipinski definition) is 2. The SMILES string of the molecule is COc1ccc2c(CNC3CCC(C)CC3)c(C(=O)O)n(Cc3ccc(F)cc3Cl)c2c1. The van der Waals surface area contributed by atoms with Gasteiger partial charge in [-0.3, -0.25) is 0 Å². The van der Waals surface area contributed by atoms with Gasteiger partial charge in [-0.1, -0.05) is 24.6 Å². The first-order valence-electron chi connectivity index (χ1n) is 11.0. The molecule has 1 heterocycles. The van der Waals surface area contributed by atoms with E-state index in [2.05, 4.69) is 12.2 Å². The number of aromatic carboxylic acids is 1. The van der Waals surface area contributed by atoms with Crippen LogP contribution < -0.4 is 10.1 Å². The zero-order chi connectivity index (χ0) is 22.8. The van der Waals surface area contributed by atoms with Crippen LogP contribution in [0.4, 0.5) is 4.39 Å². The van der Waals surface area contributed by atoms with Crippen LogP contribution in [0.25, 0.3) is 10.9 Å². The molecule has 0 spiro atoms. The molecule has 2 aromatic carbocycles. The van der Waals surface area contributed by atoms with Gasteiger partial charge < -0.3 is 19.7 Å². The highest BCUT2D eigenvalue weighted by Gasteiger charge is 2.25. The number of nitrogens with one attached hydrogen (secondary N) is 1. The summed E-state index contributed by atoms with van der Waals surface area (Å²) in [4.78, 5) is 12.4. The molecule has 0 atom stereocenters. The van der Waals surface area contributed by atoms with E-state index >= 15 is 0 Å². The molecule has 2 N–H and O–H groups in total. The van der Waals surface area contributed by atoms with Gasteiger partial charge in [0, 0.05) is 41.2 Å². The number of carboxylic acid groups (broad SMARTS) is 1. The molecule has 1 fully saturated rings. The standard InChI is InChI=1S/C25H28ClFN2O3/c1-15-3-7-18(8-4-15)28-13-21-20-10-9-19(32-2)12-23(20)29(24(21)25(30)31)14-16-5-6-17(27)11-22(16)26/h5-6,9-12,15,18,28H,3-4,7-8,13-14H2,1-2H3,(H,30,31). The lowest BCUT2D eigenvalue weighted by Crippen LogP contribution is -2.32. The highest BCUT2D eigenvalue weighted by atomic mass is 35.5. The molecule has 170 valence electrons. The predicted octanol–water partition coefficient (Wildman–Crippen LogP) is 5.86. The second kappa shape index (κ2) is 9.51. The monoisotopic (exact) mass is 458 g/mol.